The molecule has 0 fully saturated rings. The summed E-state index contributed by atoms with van der Waals surface area (Å²) in [6, 6.07) is 7.60. The molecule has 1 atom stereocenters. The second-order valence-electron chi connectivity index (χ2n) is 4.87. The maximum atomic E-state index is 12.3. The van der Waals surface area contributed by atoms with E-state index in [2.05, 4.69) is 34.7 Å². The number of aromatic nitrogens is 1. The summed E-state index contributed by atoms with van der Waals surface area (Å²) in [6.07, 6.45) is 0.799. The summed E-state index contributed by atoms with van der Waals surface area (Å²) in [7, 11) is 1.75. The van der Waals surface area contributed by atoms with E-state index >= 15 is 0 Å². The van der Waals surface area contributed by atoms with Crippen LogP contribution in [-0.4, -0.2) is 24.0 Å². The molecule has 0 aliphatic carbocycles. The first-order valence-electron chi connectivity index (χ1n) is 6.70. The molecular weight excluding hydrogens is 306 g/mol. The van der Waals surface area contributed by atoms with Crippen molar-refractivity contribution in [2.75, 3.05) is 12.4 Å². The Labute approximate surface area is 133 Å². The lowest BCUT2D eigenvalue weighted by Crippen LogP contribution is -2.34. The molecule has 0 aromatic carbocycles. The lowest BCUT2D eigenvalue weighted by atomic mass is 10.2. The molecule has 2 rings (SSSR count). The van der Waals surface area contributed by atoms with Gasteiger partial charge < -0.3 is 10.6 Å². The highest BCUT2D eigenvalue weighted by atomic mass is 35.5. The number of thiophene rings is 1. The van der Waals surface area contributed by atoms with Crippen LogP contribution in [0.5, 0.6) is 0 Å². The molecular formula is C15H18ClN3OS. The van der Waals surface area contributed by atoms with Gasteiger partial charge in [0.1, 0.15) is 11.5 Å². The van der Waals surface area contributed by atoms with Crippen LogP contribution in [0, 0.1) is 6.92 Å². The molecule has 2 N–H and O–H groups in total. The topological polar surface area (TPSA) is 54.0 Å². The molecule has 21 heavy (non-hydrogen) atoms. The van der Waals surface area contributed by atoms with E-state index in [1.165, 1.54) is 9.75 Å². The number of carbonyl (C=O) groups is 1. The molecule has 0 bridgehead atoms. The zero-order valence-corrected chi connectivity index (χ0v) is 13.8. The number of hydrogen-bond donors (Lipinski definition) is 2. The van der Waals surface area contributed by atoms with Crippen molar-refractivity contribution >= 4 is 34.7 Å². The van der Waals surface area contributed by atoms with Crippen LogP contribution in [0.3, 0.4) is 0 Å². The molecule has 0 radical (unpaired) electrons. The van der Waals surface area contributed by atoms with Crippen molar-refractivity contribution in [3.63, 3.8) is 0 Å². The predicted octanol–water partition coefficient (Wildman–Crippen LogP) is 3.51. The average molecular weight is 324 g/mol. The highest BCUT2D eigenvalue weighted by molar-refractivity contribution is 7.11. The first-order chi connectivity index (χ1) is 9.99. The summed E-state index contributed by atoms with van der Waals surface area (Å²) in [4.78, 5) is 19.0. The standard InChI is InChI=1S/C15H18ClN3OS/c1-9(8-11-5-4-10(2)21-11)18-15(20)14-12(16)6-7-13(17-3)19-14/h4-7,9H,8H2,1-3H3,(H,17,19)(H,18,20). The van der Waals surface area contributed by atoms with E-state index in [0.29, 0.717) is 10.8 Å². The number of aryl methyl sites for hydroxylation is 1. The highest BCUT2D eigenvalue weighted by Gasteiger charge is 2.16. The van der Waals surface area contributed by atoms with Gasteiger partial charge >= 0.3 is 0 Å². The Hall–Kier alpha value is -1.59. The van der Waals surface area contributed by atoms with Gasteiger partial charge in [0.2, 0.25) is 0 Å². The minimum absolute atomic E-state index is 0.0201. The minimum Gasteiger partial charge on any atom is -0.373 e. The highest BCUT2D eigenvalue weighted by Crippen LogP contribution is 2.18. The van der Waals surface area contributed by atoms with Crippen LogP contribution in [0.4, 0.5) is 5.82 Å². The fourth-order valence-corrected chi connectivity index (χ4v) is 3.19. The Bertz CT molecular complexity index is 642. The van der Waals surface area contributed by atoms with Crippen molar-refractivity contribution in [3.8, 4) is 0 Å². The van der Waals surface area contributed by atoms with E-state index in [1.807, 2.05) is 6.92 Å². The van der Waals surface area contributed by atoms with Gasteiger partial charge in [-0.05, 0) is 38.1 Å². The summed E-state index contributed by atoms with van der Waals surface area (Å²) < 4.78 is 0. The number of rotatable bonds is 5. The number of anilines is 1. The van der Waals surface area contributed by atoms with Gasteiger partial charge in [0, 0.05) is 29.3 Å². The summed E-state index contributed by atoms with van der Waals surface area (Å²) in [5.41, 5.74) is 0.248. The van der Waals surface area contributed by atoms with Crippen LogP contribution in [0.1, 0.15) is 27.2 Å². The third kappa shape index (κ3) is 4.19. The number of carbonyl (C=O) groups excluding carboxylic acids is 1. The normalized spacial score (nSPS) is 12.0. The molecule has 0 aliphatic rings. The number of pyridine rings is 1. The van der Waals surface area contributed by atoms with Crippen LogP contribution in [0.15, 0.2) is 24.3 Å². The molecule has 112 valence electrons. The van der Waals surface area contributed by atoms with Gasteiger partial charge in [-0.3, -0.25) is 4.79 Å². The zero-order chi connectivity index (χ0) is 15.4. The van der Waals surface area contributed by atoms with Crippen LogP contribution >= 0.6 is 22.9 Å². The number of amides is 1. The maximum Gasteiger partial charge on any atom is 0.271 e. The van der Waals surface area contributed by atoms with Crippen molar-refractivity contribution in [3.05, 3.63) is 44.7 Å². The second kappa shape index (κ2) is 6.91. The lowest BCUT2D eigenvalue weighted by molar-refractivity contribution is 0.0935. The van der Waals surface area contributed by atoms with Gasteiger partial charge in [-0.1, -0.05) is 11.6 Å². The summed E-state index contributed by atoms with van der Waals surface area (Å²) in [5, 5.41) is 6.19. The summed E-state index contributed by atoms with van der Waals surface area (Å²) in [6.45, 7) is 4.05. The van der Waals surface area contributed by atoms with Gasteiger partial charge in [-0.15, -0.1) is 11.3 Å². The largest absolute Gasteiger partial charge is 0.373 e. The fraction of sp³-hybridized carbons (Fsp3) is 0.333. The molecule has 2 aromatic rings. The summed E-state index contributed by atoms with van der Waals surface area (Å²) in [5.74, 6) is 0.365. The molecule has 6 heteroatoms. The van der Waals surface area contributed by atoms with Gasteiger partial charge in [-0.25, -0.2) is 4.98 Å². The third-order valence-corrected chi connectivity index (χ3v) is 4.33. The zero-order valence-electron chi connectivity index (χ0n) is 12.2. The maximum absolute atomic E-state index is 12.3. The number of nitrogens with zero attached hydrogens (tertiary/aromatic N) is 1. The first-order valence-corrected chi connectivity index (χ1v) is 7.89. The van der Waals surface area contributed by atoms with E-state index in [1.54, 1.807) is 30.5 Å². The van der Waals surface area contributed by atoms with E-state index < -0.39 is 0 Å². The van der Waals surface area contributed by atoms with Crippen LogP contribution < -0.4 is 10.6 Å². The predicted molar refractivity (Wildman–Crippen MR) is 88.5 cm³/mol. The quantitative estimate of drug-likeness (QED) is 0.885. The molecule has 2 aromatic heterocycles. The number of halogens is 1. The van der Waals surface area contributed by atoms with Crippen molar-refractivity contribution in [2.45, 2.75) is 26.3 Å². The van der Waals surface area contributed by atoms with E-state index in [0.717, 1.165) is 6.42 Å². The number of nitrogens with one attached hydrogen (secondary N) is 2. The number of hydrogen-bond acceptors (Lipinski definition) is 4. The Morgan fingerprint density at radius 3 is 2.76 bits per heavy atom. The molecule has 1 amide bonds. The fourth-order valence-electron chi connectivity index (χ4n) is 1.98. The van der Waals surface area contributed by atoms with E-state index in [9.17, 15) is 4.79 Å². The molecule has 0 aliphatic heterocycles. The molecule has 0 saturated heterocycles. The second-order valence-corrected chi connectivity index (χ2v) is 6.65. The molecule has 0 saturated carbocycles. The van der Waals surface area contributed by atoms with Gasteiger partial charge in [0.05, 0.1) is 5.02 Å². The Morgan fingerprint density at radius 1 is 1.38 bits per heavy atom. The molecule has 2 heterocycles. The van der Waals surface area contributed by atoms with Crippen molar-refractivity contribution in [2.24, 2.45) is 0 Å². The SMILES string of the molecule is CNc1ccc(Cl)c(C(=O)NC(C)Cc2ccc(C)s2)n1. The summed E-state index contributed by atoms with van der Waals surface area (Å²) >= 11 is 7.79. The molecule has 1 unspecified atom stereocenters. The average Bonchev–Trinajstić information content (AvgIpc) is 2.84. The van der Waals surface area contributed by atoms with Crippen molar-refractivity contribution in [1.82, 2.24) is 10.3 Å². The Balaban J connectivity index is 2.03. The lowest BCUT2D eigenvalue weighted by Gasteiger charge is -2.13. The third-order valence-electron chi connectivity index (χ3n) is 3.00. The van der Waals surface area contributed by atoms with E-state index in [-0.39, 0.29) is 17.6 Å². The van der Waals surface area contributed by atoms with Crippen molar-refractivity contribution in [1.29, 1.82) is 0 Å². The smallest absolute Gasteiger partial charge is 0.271 e. The minimum atomic E-state index is -0.252. The first kappa shape index (κ1) is 15.8. The van der Waals surface area contributed by atoms with Crippen LogP contribution in [0.25, 0.3) is 0 Å². The van der Waals surface area contributed by atoms with Gasteiger partial charge in [0.25, 0.3) is 5.91 Å². The Kier molecular flexibility index (Phi) is 5.20. The molecule has 0 spiro atoms. The van der Waals surface area contributed by atoms with Gasteiger partial charge in [0.15, 0.2) is 0 Å². The van der Waals surface area contributed by atoms with Crippen molar-refractivity contribution < 1.29 is 4.79 Å². The van der Waals surface area contributed by atoms with E-state index in [4.69, 9.17) is 11.6 Å². The van der Waals surface area contributed by atoms with Crippen LogP contribution in [-0.2, 0) is 6.42 Å². The van der Waals surface area contributed by atoms with Gasteiger partial charge in [-0.2, -0.15) is 0 Å². The monoisotopic (exact) mass is 323 g/mol. The molecule has 4 nitrogen and oxygen atoms in total. The Morgan fingerprint density at radius 2 is 2.14 bits per heavy atom. The van der Waals surface area contributed by atoms with Crippen LogP contribution in [0.2, 0.25) is 5.02 Å².